The van der Waals surface area contributed by atoms with Crippen molar-refractivity contribution in [3.05, 3.63) is 89.5 Å². The molecule has 0 fully saturated rings. The van der Waals surface area contributed by atoms with Crippen LogP contribution < -0.4 is 4.74 Å². The lowest BCUT2D eigenvalue weighted by molar-refractivity contribution is 0.414. The van der Waals surface area contributed by atoms with E-state index in [0.29, 0.717) is 6.42 Å². The van der Waals surface area contributed by atoms with Crippen molar-refractivity contribution in [2.75, 3.05) is 7.11 Å². The third-order valence-corrected chi connectivity index (χ3v) is 3.95. The Hall–Kier alpha value is -2.79. The largest absolute Gasteiger partial charge is 0.497 e. The summed E-state index contributed by atoms with van der Waals surface area (Å²) in [6.45, 7) is 6.17. The van der Waals surface area contributed by atoms with E-state index in [0.717, 1.165) is 23.3 Å². The molecule has 2 nitrogen and oxygen atoms in total. The van der Waals surface area contributed by atoms with Gasteiger partial charge in [-0.25, -0.2) is 0 Å². The van der Waals surface area contributed by atoms with Crippen LogP contribution >= 0.6 is 0 Å². The van der Waals surface area contributed by atoms with Gasteiger partial charge in [0.1, 0.15) is 5.75 Å². The number of benzene rings is 2. The maximum Gasteiger partial charge on any atom is 0.119 e. The van der Waals surface area contributed by atoms with E-state index >= 15 is 0 Å². The number of hydrogen-bond donors (Lipinski definition) is 0. The maximum absolute atomic E-state index is 9.47. The summed E-state index contributed by atoms with van der Waals surface area (Å²) in [6, 6.07) is 18.5. The van der Waals surface area contributed by atoms with Crippen molar-refractivity contribution in [1.29, 1.82) is 5.26 Å². The average molecular weight is 317 g/mol. The number of nitrogens with zero attached hydrogens (tertiary/aromatic N) is 1. The van der Waals surface area contributed by atoms with Gasteiger partial charge in [0.25, 0.3) is 0 Å². The van der Waals surface area contributed by atoms with Gasteiger partial charge in [0, 0.05) is 0 Å². The first-order valence-corrected chi connectivity index (χ1v) is 8.06. The van der Waals surface area contributed by atoms with Gasteiger partial charge in [-0.2, -0.15) is 5.26 Å². The molecular formula is C22H23NO. The topological polar surface area (TPSA) is 33.0 Å². The molecule has 0 heterocycles. The van der Waals surface area contributed by atoms with Crippen molar-refractivity contribution in [2.45, 2.75) is 25.7 Å². The van der Waals surface area contributed by atoms with Gasteiger partial charge in [0.05, 0.1) is 19.1 Å². The molecule has 122 valence electrons. The standard InChI is InChI=1S/C22H23NO/c1-17-10-12-19(13-11-17)7-4-6-18(2)14-21(16-23)20-8-5-9-22(15-20)24-3/h4-6,8-13,15,21H,2,7,14H2,1,3H3/b6-4-. The Morgan fingerprint density at radius 1 is 1.25 bits per heavy atom. The molecule has 0 amide bonds. The van der Waals surface area contributed by atoms with E-state index < -0.39 is 0 Å². The van der Waals surface area contributed by atoms with E-state index in [9.17, 15) is 5.26 Å². The number of nitriles is 1. The minimum Gasteiger partial charge on any atom is -0.497 e. The smallest absolute Gasteiger partial charge is 0.119 e. The molecule has 0 radical (unpaired) electrons. The van der Waals surface area contributed by atoms with Crippen LogP contribution in [0.3, 0.4) is 0 Å². The van der Waals surface area contributed by atoms with E-state index in [4.69, 9.17) is 4.74 Å². The van der Waals surface area contributed by atoms with Gasteiger partial charge in [-0.05, 0) is 43.0 Å². The van der Waals surface area contributed by atoms with E-state index in [2.05, 4.69) is 49.9 Å². The summed E-state index contributed by atoms with van der Waals surface area (Å²) in [6.07, 6.45) is 5.61. The SMILES string of the molecule is C=C(/C=C\Cc1ccc(C)cc1)CC(C#N)c1cccc(OC)c1. The predicted molar refractivity (Wildman–Crippen MR) is 99.1 cm³/mol. The third kappa shape index (κ3) is 5.14. The Balaban J connectivity index is 1.95. The molecule has 0 bridgehead atoms. The summed E-state index contributed by atoms with van der Waals surface area (Å²) < 4.78 is 5.23. The quantitative estimate of drug-likeness (QED) is 0.644. The Morgan fingerprint density at radius 3 is 2.67 bits per heavy atom. The van der Waals surface area contributed by atoms with Crippen LogP contribution in [0.4, 0.5) is 0 Å². The molecule has 0 N–H and O–H groups in total. The molecular weight excluding hydrogens is 294 g/mol. The third-order valence-electron chi connectivity index (χ3n) is 3.95. The minimum atomic E-state index is -0.211. The highest BCUT2D eigenvalue weighted by Crippen LogP contribution is 2.26. The highest BCUT2D eigenvalue weighted by Gasteiger charge is 2.12. The van der Waals surface area contributed by atoms with Crippen LogP contribution in [0.5, 0.6) is 5.75 Å². The molecule has 0 spiro atoms. The first-order chi connectivity index (χ1) is 11.6. The molecule has 1 atom stereocenters. The van der Waals surface area contributed by atoms with Crippen LogP contribution in [0, 0.1) is 18.3 Å². The van der Waals surface area contributed by atoms with Gasteiger partial charge in [-0.1, -0.05) is 66.3 Å². The zero-order valence-electron chi connectivity index (χ0n) is 14.3. The monoisotopic (exact) mass is 317 g/mol. The van der Waals surface area contributed by atoms with Crippen LogP contribution in [0.1, 0.15) is 29.0 Å². The average Bonchev–Trinajstić information content (AvgIpc) is 2.61. The molecule has 0 saturated carbocycles. The first-order valence-electron chi connectivity index (χ1n) is 8.06. The molecule has 0 aliphatic carbocycles. The number of hydrogen-bond acceptors (Lipinski definition) is 2. The van der Waals surface area contributed by atoms with Crippen molar-refractivity contribution in [1.82, 2.24) is 0 Å². The fourth-order valence-corrected chi connectivity index (χ4v) is 2.51. The Kier molecular flexibility index (Phi) is 6.40. The van der Waals surface area contributed by atoms with E-state index in [1.54, 1.807) is 7.11 Å². The predicted octanol–water partition coefficient (Wildman–Crippen LogP) is 5.36. The number of aryl methyl sites for hydroxylation is 1. The van der Waals surface area contributed by atoms with Crippen LogP contribution in [0.2, 0.25) is 0 Å². The summed E-state index contributed by atoms with van der Waals surface area (Å²) in [4.78, 5) is 0. The Morgan fingerprint density at radius 2 is 2.00 bits per heavy atom. The zero-order valence-corrected chi connectivity index (χ0v) is 14.3. The number of allylic oxidation sites excluding steroid dienone is 3. The van der Waals surface area contributed by atoms with Crippen LogP contribution in [-0.2, 0) is 6.42 Å². The molecule has 1 unspecified atom stereocenters. The van der Waals surface area contributed by atoms with Gasteiger partial charge < -0.3 is 4.74 Å². The molecule has 0 aliphatic heterocycles. The van der Waals surface area contributed by atoms with E-state index in [1.165, 1.54) is 11.1 Å². The summed E-state index contributed by atoms with van der Waals surface area (Å²) in [5.41, 5.74) is 4.46. The van der Waals surface area contributed by atoms with Crippen molar-refractivity contribution in [2.24, 2.45) is 0 Å². The fourth-order valence-electron chi connectivity index (χ4n) is 2.51. The number of ether oxygens (including phenoxy) is 1. The fraction of sp³-hybridized carbons (Fsp3) is 0.227. The molecule has 0 aliphatic rings. The molecule has 2 rings (SSSR count). The van der Waals surface area contributed by atoms with Crippen LogP contribution in [0.15, 0.2) is 72.8 Å². The molecule has 2 aromatic carbocycles. The van der Waals surface area contributed by atoms with Gasteiger partial charge in [0.2, 0.25) is 0 Å². The van der Waals surface area contributed by atoms with Crippen molar-refractivity contribution < 1.29 is 4.74 Å². The van der Waals surface area contributed by atoms with Gasteiger partial charge >= 0.3 is 0 Å². The molecule has 0 aromatic heterocycles. The highest BCUT2D eigenvalue weighted by atomic mass is 16.5. The summed E-state index contributed by atoms with van der Waals surface area (Å²) in [5.74, 6) is 0.560. The first kappa shape index (κ1) is 17.6. The summed E-state index contributed by atoms with van der Waals surface area (Å²) in [5, 5.41) is 9.47. The number of rotatable bonds is 7. The van der Waals surface area contributed by atoms with Crippen molar-refractivity contribution in [3.63, 3.8) is 0 Å². The van der Waals surface area contributed by atoms with Crippen molar-refractivity contribution in [3.8, 4) is 11.8 Å². The second-order valence-electron chi connectivity index (χ2n) is 5.91. The van der Waals surface area contributed by atoms with Crippen LogP contribution in [0.25, 0.3) is 0 Å². The lowest BCUT2D eigenvalue weighted by atomic mass is 9.93. The van der Waals surface area contributed by atoms with E-state index in [-0.39, 0.29) is 5.92 Å². The van der Waals surface area contributed by atoms with Crippen LogP contribution in [-0.4, -0.2) is 7.11 Å². The second-order valence-corrected chi connectivity index (χ2v) is 5.91. The second kappa shape index (κ2) is 8.74. The molecule has 2 aromatic rings. The normalized spacial score (nSPS) is 11.9. The molecule has 0 saturated heterocycles. The highest BCUT2D eigenvalue weighted by molar-refractivity contribution is 5.35. The van der Waals surface area contributed by atoms with Gasteiger partial charge in [0.15, 0.2) is 0 Å². The summed E-state index contributed by atoms with van der Waals surface area (Å²) in [7, 11) is 1.63. The minimum absolute atomic E-state index is 0.211. The summed E-state index contributed by atoms with van der Waals surface area (Å²) >= 11 is 0. The molecule has 2 heteroatoms. The van der Waals surface area contributed by atoms with E-state index in [1.807, 2.05) is 30.3 Å². The van der Waals surface area contributed by atoms with Gasteiger partial charge in [-0.3, -0.25) is 0 Å². The number of methoxy groups -OCH3 is 1. The lowest BCUT2D eigenvalue weighted by Gasteiger charge is -2.11. The zero-order chi connectivity index (χ0) is 17.4. The lowest BCUT2D eigenvalue weighted by Crippen LogP contribution is -1.97. The Bertz CT molecular complexity index is 750. The Labute approximate surface area is 144 Å². The maximum atomic E-state index is 9.47. The van der Waals surface area contributed by atoms with Gasteiger partial charge in [-0.15, -0.1) is 0 Å². The molecule has 24 heavy (non-hydrogen) atoms. The van der Waals surface area contributed by atoms with Crippen molar-refractivity contribution >= 4 is 0 Å².